The molecule has 0 spiro atoms. The van der Waals surface area contributed by atoms with Crippen molar-refractivity contribution in [2.24, 2.45) is 0 Å². The Morgan fingerprint density at radius 1 is 1.23 bits per heavy atom. The molecule has 0 unspecified atom stereocenters. The molecule has 0 bridgehead atoms. The zero-order chi connectivity index (χ0) is 10.7. The van der Waals surface area contributed by atoms with Crippen molar-refractivity contribution in [3.8, 4) is 12.1 Å². The van der Waals surface area contributed by atoms with Gasteiger partial charge in [0.05, 0.1) is 12.1 Å². The van der Waals surface area contributed by atoms with E-state index in [9.17, 15) is 21.6 Å². The summed E-state index contributed by atoms with van der Waals surface area (Å²) < 4.78 is 56.0. The molecule has 8 heteroatoms. The third-order valence-corrected chi connectivity index (χ3v) is 2.62. The first-order chi connectivity index (χ1) is 5.73. The van der Waals surface area contributed by atoms with E-state index in [-0.39, 0.29) is 0 Å². The molecule has 0 saturated heterocycles. The molecule has 0 aromatic rings. The quantitative estimate of drug-likeness (QED) is 0.662. The van der Waals surface area contributed by atoms with E-state index in [0.29, 0.717) is 0 Å². The first kappa shape index (κ1) is 11.7. The zero-order valence-corrected chi connectivity index (χ0v) is 6.85. The topological polar surface area (TPSA) is 81.7 Å². The molecule has 0 aliphatic heterocycles. The fourth-order valence-electron chi connectivity index (χ4n) is 0.501. The summed E-state index contributed by atoms with van der Waals surface area (Å²) >= 11 is 0. The van der Waals surface area contributed by atoms with Crippen LogP contribution < -0.4 is 0 Å². The number of halogens is 3. The van der Waals surface area contributed by atoms with Crippen LogP contribution in [0, 0.1) is 22.7 Å². The minimum absolute atomic E-state index is 0.966. The summed E-state index contributed by atoms with van der Waals surface area (Å²) in [6.45, 7) is 0. The van der Waals surface area contributed by atoms with Gasteiger partial charge in [0.2, 0.25) is 5.25 Å². The Hall–Kier alpha value is -1.28. The van der Waals surface area contributed by atoms with Crippen LogP contribution in [0.3, 0.4) is 0 Å². The van der Waals surface area contributed by atoms with Crippen LogP contribution in [0.25, 0.3) is 0 Å². The minimum atomic E-state index is -4.93. The highest BCUT2D eigenvalue weighted by molar-refractivity contribution is 7.92. The molecule has 0 aromatic carbocycles. The molecule has 0 saturated carbocycles. The maximum absolute atomic E-state index is 11.6. The van der Waals surface area contributed by atoms with Crippen molar-refractivity contribution in [3.05, 3.63) is 0 Å². The first-order valence-corrected chi connectivity index (χ1v) is 4.52. The van der Waals surface area contributed by atoms with Gasteiger partial charge in [0.15, 0.2) is 9.84 Å². The second-order valence-corrected chi connectivity index (χ2v) is 4.15. The van der Waals surface area contributed by atoms with Gasteiger partial charge in [-0.25, -0.2) is 8.42 Å². The van der Waals surface area contributed by atoms with Gasteiger partial charge in [-0.1, -0.05) is 0 Å². The highest BCUT2D eigenvalue weighted by Gasteiger charge is 2.39. The van der Waals surface area contributed by atoms with Gasteiger partial charge in [-0.3, -0.25) is 0 Å². The van der Waals surface area contributed by atoms with Crippen LogP contribution in [-0.2, 0) is 9.84 Å². The van der Waals surface area contributed by atoms with Crippen LogP contribution in [0.2, 0.25) is 0 Å². The Morgan fingerprint density at radius 3 is 1.85 bits per heavy atom. The molecule has 0 heterocycles. The van der Waals surface area contributed by atoms with E-state index in [4.69, 9.17) is 10.5 Å². The van der Waals surface area contributed by atoms with Crippen LogP contribution in [0.15, 0.2) is 0 Å². The normalized spacial score (nSPS) is 12.2. The lowest BCUT2D eigenvalue weighted by molar-refractivity contribution is -0.106. The Kier molecular flexibility index (Phi) is 3.27. The number of alkyl halides is 3. The van der Waals surface area contributed by atoms with Gasteiger partial charge >= 0.3 is 6.18 Å². The van der Waals surface area contributed by atoms with Crippen molar-refractivity contribution < 1.29 is 21.6 Å². The van der Waals surface area contributed by atoms with E-state index in [1.54, 1.807) is 0 Å². The largest absolute Gasteiger partial charge is 0.402 e. The molecule has 13 heavy (non-hydrogen) atoms. The monoisotopic (exact) mass is 212 g/mol. The smallest absolute Gasteiger partial charge is 0.226 e. The van der Waals surface area contributed by atoms with E-state index < -0.39 is 27.0 Å². The van der Waals surface area contributed by atoms with Crippen LogP contribution in [0.5, 0.6) is 0 Å². The summed E-state index contributed by atoms with van der Waals surface area (Å²) in [4.78, 5) is 0. The molecule has 0 aliphatic carbocycles. The average Bonchev–Trinajstić information content (AvgIpc) is 1.83. The summed E-state index contributed by atoms with van der Waals surface area (Å²) in [5, 5.41) is 13.8. The summed E-state index contributed by atoms with van der Waals surface area (Å²) in [6.07, 6.45) is -4.93. The van der Waals surface area contributed by atoms with Crippen molar-refractivity contribution in [3.63, 3.8) is 0 Å². The maximum Gasteiger partial charge on any atom is 0.402 e. The van der Waals surface area contributed by atoms with Gasteiger partial charge in [-0.05, 0) is 0 Å². The highest BCUT2D eigenvalue weighted by atomic mass is 32.2. The van der Waals surface area contributed by atoms with Crippen molar-refractivity contribution in [1.82, 2.24) is 0 Å². The molecule has 72 valence electrons. The van der Waals surface area contributed by atoms with E-state index in [2.05, 4.69) is 0 Å². The fraction of sp³-hybridized carbons (Fsp3) is 0.600. The molecular formula is C5H3F3N2O2S. The summed E-state index contributed by atoms with van der Waals surface area (Å²) in [5.74, 6) is -2.15. The molecule has 0 rings (SSSR count). The molecule has 0 aromatic heterocycles. The van der Waals surface area contributed by atoms with Gasteiger partial charge in [-0.15, -0.1) is 0 Å². The van der Waals surface area contributed by atoms with E-state index in [0.717, 1.165) is 12.1 Å². The predicted octanol–water partition coefficient (Wildman–Crippen LogP) is 0.379. The lowest BCUT2D eigenvalue weighted by Gasteiger charge is -2.06. The first-order valence-electron chi connectivity index (χ1n) is 2.80. The number of rotatable bonds is 2. The van der Waals surface area contributed by atoms with Crippen LogP contribution in [0.1, 0.15) is 0 Å². The lowest BCUT2D eigenvalue weighted by Crippen LogP contribution is -2.30. The minimum Gasteiger partial charge on any atom is -0.226 e. The third kappa shape index (κ3) is 3.76. The second kappa shape index (κ2) is 3.62. The summed E-state index contributed by atoms with van der Waals surface area (Å²) in [5.41, 5.74) is 0. The molecule has 0 fully saturated rings. The molecule has 0 aliphatic rings. The standard InChI is InChI=1S/C5H3F3N2O2S/c6-5(7,8)3-13(11,12)4(1-9)2-10/h4H,3H2. The lowest BCUT2D eigenvalue weighted by atomic mass is 10.5. The number of nitrogens with zero attached hydrogens (tertiary/aromatic N) is 2. The Labute approximate surface area is 72.1 Å². The van der Waals surface area contributed by atoms with E-state index in [1.807, 2.05) is 0 Å². The maximum atomic E-state index is 11.6. The van der Waals surface area contributed by atoms with Crippen molar-refractivity contribution in [1.29, 1.82) is 10.5 Å². The molecule has 0 atom stereocenters. The van der Waals surface area contributed by atoms with Crippen molar-refractivity contribution >= 4 is 9.84 Å². The van der Waals surface area contributed by atoms with Crippen LogP contribution >= 0.6 is 0 Å². The SMILES string of the molecule is N#CC(C#N)S(=O)(=O)CC(F)(F)F. The molecule has 0 N–H and O–H groups in total. The van der Waals surface area contributed by atoms with Gasteiger partial charge in [-0.2, -0.15) is 23.7 Å². The second-order valence-electron chi connectivity index (χ2n) is 2.06. The summed E-state index contributed by atoms with van der Waals surface area (Å²) in [6, 6.07) is 1.93. The van der Waals surface area contributed by atoms with Crippen LogP contribution in [0.4, 0.5) is 13.2 Å². The third-order valence-electron chi connectivity index (χ3n) is 0.958. The Balaban J connectivity index is 4.84. The fourth-order valence-corrected chi connectivity index (χ4v) is 1.45. The Morgan fingerprint density at radius 2 is 1.62 bits per heavy atom. The molecule has 0 radical (unpaired) electrons. The van der Waals surface area contributed by atoms with E-state index in [1.165, 1.54) is 0 Å². The van der Waals surface area contributed by atoms with Gasteiger partial charge < -0.3 is 0 Å². The van der Waals surface area contributed by atoms with E-state index >= 15 is 0 Å². The molecular weight excluding hydrogens is 209 g/mol. The highest BCUT2D eigenvalue weighted by Crippen LogP contribution is 2.19. The number of nitriles is 2. The predicted molar refractivity (Wildman–Crippen MR) is 34.9 cm³/mol. The van der Waals surface area contributed by atoms with Gasteiger partial charge in [0.25, 0.3) is 0 Å². The molecule has 4 nitrogen and oxygen atoms in total. The average molecular weight is 212 g/mol. The Bertz CT molecular complexity index is 345. The number of hydrogen-bond acceptors (Lipinski definition) is 4. The van der Waals surface area contributed by atoms with Crippen molar-refractivity contribution in [2.75, 3.05) is 5.75 Å². The van der Waals surface area contributed by atoms with Gasteiger partial charge in [0.1, 0.15) is 5.75 Å². The molecule has 0 amide bonds. The summed E-state index contributed by atoms with van der Waals surface area (Å²) in [7, 11) is -4.73. The van der Waals surface area contributed by atoms with Crippen molar-refractivity contribution in [2.45, 2.75) is 11.4 Å². The number of hydrogen-bond donors (Lipinski definition) is 0. The van der Waals surface area contributed by atoms with Gasteiger partial charge in [0, 0.05) is 0 Å². The van der Waals surface area contributed by atoms with Crippen LogP contribution in [-0.4, -0.2) is 25.6 Å². The zero-order valence-electron chi connectivity index (χ0n) is 6.04. The number of sulfone groups is 1.